The van der Waals surface area contributed by atoms with Gasteiger partial charge in [-0.1, -0.05) is 51.5 Å². The first-order valence-electron chi connectivity index (χ1n) is 6.92. The summed E-state index contributed by atoms with van der Waals surface area (Å²) in [4.78, 5) is 0. The molecule has 1 heteroatoms. The summed E-state index contributed by atoms with van der Waals surface area (Å²) < 4.78 is 0. The molecule has 1 atom stereocenters. The van der Waals surface area contributed by atoms with Crippen LogP contribution in [0.1, 0.15) is 44.7 Å². The number of aryl methyl sites for hydroxylation is 2. The summed E-state index contributed by atoms with van der Waals surface area (Å²) in [5.74, 6) is 0.708. The maximum Gasteiger partial charge on any atom is 0.00902 e. The largest absolute Gasteiger partial charge is 0.317 e. The van der Waals surface area contributed by atoms with Crippen LogP contribution >= 0.6 is 0 Å². The lowest BCUT2D eigenvalue weighted by Crippen LogP contribution is -2.30. The molecule has 0 heterocycles. The van der Waals surface area contributed by atoms with Gasteiger partial charge >= 0.3 is 0 Å². The van der Waals surface area contributed by atoms with Gasteiger partial charge < -0.3 is 5.32 Å². The van der Waals surface area contributed by atoms with Gasteiger partial charge in [0.2, 0.25) is 0 Å². The standard InChI is InChI=1S/C16H27N/c1-5-6-14-7-9-15(10-8-14)11-12-16(17-4)13(2)3/h7-10,13,16-17H,5-6,11-12H2,1-4H3. The predicted octanol–water partition coefficient (Wildman–Crippen LogP) is 3.82. The van der Waals surface area contributed by atoms with Crippen LogP contribution in [0.25, 0.3) is 0 Å². The molecule has 1 aromatic carbocycles. The lowest BCUT2D eigenvalue weighted by atomic mass is 9.96. The molecule has 96 valence electrons. The maximum absolute atomic E-state index is 3.40. The van der Waals surface area contributed by atoms with E-state index in [0.29, 0.717) is 12.0 Å². The summed E-state index contributed by atoms with van der Waals surface area (Å²) in [5.41, 5.74) is 2.93. The van der Waals surface area contributed by atoms with Crippen LogP contribution < -0.4 is 5.32 Å². The van der Waals surface area contributed by atoms with Crippen LogP contribution in [0, 0.1) is 5.92 Å². The smallest absolute Gasteiger partial charge is 0.00902 e. The summed E-state index contributed by atoms with van der Waals surface area (Å²) >= 11 is 0. The van der Waals surface area contributed by atoms with Crippen molar-refractivity contribution in [3.63, 3.8) is 0 Å². The van der Waals surface area contributed by atoms with Crippen LogP contribution in [0.3, 0.4) is 0 Å². The van der Waals surface area contributed by atoms with Crippen LogP contribution in [0.2, 0.25) is 0 Å². The maximum atomic E-state index is 3.40. The third kappa shape index (κ3) is 4.91. The third-order valence-electron chi connectivity index (χ3n) is 3.48. The first kappa shape index (κ1) is 14.2. The molecule has 1 N–H and O–H groups in total. The fourth-order valence-electron chi connectivity index (χ4n) is 2.29. The van der Waals surface area contributed by atoms with Gasteiger partial charge in [-0.3, -0.25) is 0 Å². The van der Waals surface area contributed by atoms with Crippen LogP contribution in [-0.4, -0.2) is 13.1 Å². The van der Waals surface area contributed by atoms with E-state index in [1.807, 2.05) is 0 Å². The molecule has 0 spiro atoms. The highest BCUT2D eigenvalue weighted by Gasteiger charge is 2.10. The van der Waals surface area contributed by atoms with Crippen molar-refractivity contribution in [1.82, 2.24) is 5.32 Å². The van der Waals surface area contributed by atoms with Crippen LogP contribution in [0.5, 0.6) is 0 Å². The summed E-state index contributed by atoms with van der Waals surface area (Å²) in [5, 5.41) is 3.40. The van der Waals surface area contributed by atoms with Crippen LogP contribution in [-0.2, 0) is 12.8 Å². The van der Waals surface area contributed by atoms with Gasteiger partial charge in [-0.15, -0.1) is 0 Å². The van der Waals surface area contributed by atoms with E-state index >= 15 is 0 Å². The third-order valence-corrected chi connectivity index (χ3v) is 3.48. The second-order valence-corrected chi connectivity index (χ2v) is 5.24. The summed E-state index contributed by atoms with van der Waals surface area (Å²) in [7, 11) is 2.06. The molecule has 1 rings (SSSR count). The minimum absolute atomic E-state index is 0.630. The second kappa shape index (κ2) is 7.50. The molecule has 0 radical (unpaired) electrons. The molecule has 1 unspecified atom stereocenters. The molecule has 0 saturated heterocycles. The van der Waals surface area contributed by atoms with Crippen molar-refractivity contribution >= 4 is 0 Å². The molecule has 0 aliphatic heterocycles. The van der Waals surface area contributed by atoms with Gasteiger partial charge in [-0.05, 0) is 43.4 Å². The summed E-state index contributed by atoms with van der Waals surface area (Å²) in [6.07, 6.45) is 4.83. The Morgan fingerprint density at radius 1 is 1.00 bits per heavy atom. The molecule has 0 aliphatic rings. The Morgan fingerprint density at radius 3 is 1.94 bits per heavy atom. The minimum Gasteiger partial charge on any atom is -0.317 e. The summed E-state index contributed by atoms with van der Waals surface area (Å²) in [6.45, 7) is 6.80. The Kier molecular flexibility index (Phi) is 6.28. The SMILES string of the molecule is CCCc1ccc(CCC(NC)C(C)C)cc1. The molecule has 1 aromatic rings. The molecule has 0 bridgehead atoms. The van der Waals surface area contributed by atoms with E-state index < -0.39 is 0 Å². The number of hydrogen-bond acceptors (Lipinski definition) is 1. The molecular weight excluding hydrogens is 206 g/mol. The van der Waals surface area contributed by atoms with E-state index in [1.165, 1.54) is 36.8 Å². The fourth-order valence-corrected chi connectivity index (χ4v) is 2.29. The Balaban J connectivity index is 2.46. The number of hydrogen-bond donors (Lipinski definition) is 1. The fraction of sp³-hybridized carbons (Fsp3) is 0.625. The van der Waals surface area contributed by atoms with E-state index in [9.17, 15) is 0 Å². The van der Waals surface area contributed by atoms with Crippen molar-refractivity contribution in [1.29, 1.82) is 0 Å². The molecule has 0 fully saturated rings. The Morgan fingerprint density at radius 2 is 1.53 bits per heavy atom. The van der Waals surface area contributed by atoms with Gasteiger partial charge in [-0.25, -0.2) is 0 Å². The average molecular weight is 233 g/mol. The molecule has 0 saturated carbocycles. The van der Waals surface area contributed by atoms with Crippen molar-refractivity contribution in [3.05, 3.63) is 35.4 Å². The normalized spacial score (nSPS) is 13.0. The Bertz CT molecular complexity index is 300. The van der Waals surface area contributed by atoms with Gasteiger partial charge in [0.25, 0.3) is 0 Å². The second-order valence-electron chi connectivity index (χ2n) is 5.24. The van der Waals surface area contributed by atoms with Gasteiger partial charge in [0.1, 0.15) is 0 Å². The Labute approximate surface area is 107 Å². The number of benzene rings is 1. The van der Waals surface area contributed by atoms with Crippen molar-refractivity contribution in [2.24, 2.45) is 5.92 Å². The van der Waals surface area contributed by atoms with Crippen LogP contribution in [0.4, 0.5) is 0 Å². The molecule has 0 aliphatic carbocycles. The topological polar surface area (TPSA) is 12.0 Å². The highest BCUT2D eigenvalue weighted by Crippen LogP contribution is 2.12. The number of nitrogens with one attached hydrogen (secondary N) is 1. The zero-order chi connectivity index (χ0) is 12.7. The van der Waals surface area contributed by atoms with E-state index in [1.54, 1.807) is 0 Å². The van der Waals surface area contributed by atoms with Crippen molar-refractivity contribution in [3.8, 4) is 0 Å². The van der Waals surface area contributed by atoms with E-state index in [2.05, 4.69) is 57.4 Å². The molecular formula is C16H27N. The highest BCUT2D eigenvalue weighted by atomic mass is 14.9. The number of rotatable bonds is 7. The van der Waals surface area contributed by atoms with Gasteiger partial charge in [0.15, 0.2) is 0 Å². The quantitative estimate of drug-likeness (QED) is 0.755. The van der Waals surface area contributed by atoms with E-state index in [4.69, 9.17) is 0 Å². The predicted molar refractivity (Wildman–Crippen MR) is 76.4 cm³/mol. The van der Waals surface area contributed by atoms with Gasteiger partial charge in [0, 0.05) is 6.04 Å². The van der Waals surface area contributed by atoms with E-state index in [-0.39, 0.29) is 0 Å². The molecule has 17 heavy (non-hydrogen) atoms. The zero-order valence-electron chi connectivity index (χ0n) is 11.8. The molecule has 1 nitrogen and oxygen atoms in total. The van der Waals surface area contributed by atoms with Crippen LogP contribution in [0.15, 0.2) is 24.3 Å². The minimum atomic E-state index is 0.630. The molecule has 0 amide bonds. The Hall–Kier alpha value is -0.820. The molecule has 0 aromatic heterocycles. The first-order chi connectivity index (χ1) is 8.17. The first-order valence-corrected chi connectivity index (χ1v) is 6.92. The van der Waals surface area contributed by atoms with Gasteiger partial charge in [0.05, 0.1) is 0 Å². The van der Waals surface area contributed by atoms with E-state index in [0.717, 1.165) is 0 Å². The van der Waals surface area contributed by atoms with Crippen molar-refractivity contribution in [2.75, 3.05) is 7.05 Å². The average Bonchev–Trinajstić information content (AvgIpc) is 2.32. The van der Waals surface area contributed by atoms with Crippen molar-refractivity contribution in [2.45, 2.75) is 52.5 Å². The zero-order valence-corrected chi connectivity index (χ0v) is 11.8. The monoisotopic (exact) mass is 233 g/mol. The summed E-state index contributed by atoms with van der Waals surface area (Å²) in [6, 6.07) is 9.77. The lowest BCUT2D eigenvalue weighted by Gasteiger charge is -2.20. The lowest BCUT2D eigenvalue weighted by molar-refractivity contribution is 0.403. The van der Waals surface area contributed by atoms with Gasteiger partial charge in [-0.2, -0.15) is 0 Å². The highest BCUT2D eigenvalue weighted by molar-refractivity contribution is 5.22. The van der Waals surface area contributed by atoms with Crippen molar-refractivity contribution < 1.29 is 0 Å².